The Morgan fingerprint density at radius 1 is 1.24 bits per heavy atom. The van der Waals surface area contributed by atoms with E-state index in [-0.39, 0.29) is 12.2 Å². The van der Waals surface area contributed by atoms with E-state index in [0.29, 0.717) is 55.7 Å². The van der Waals surface area contributed by atoms with Gasteiger partial charge in [0.15, 0.2) is 4.80 Å². The Hall–Kier alpha value is -3.62. The highest BCUT2D eigenvalue weighted by molar-refractivity contribution is 7.07. The molecule has 7 nitrogen and oxygen atoms in total. The highest BCUT2D eigenvalue weighted by atomic mass is 35.5. The molecule has 0 amide bonds. The van der Waals surface area contributed by atoms with Gasteiger partial charge in [-0.2, -0.15) is 0 Å². The Balaban J connectivity index is 1.98. The summed E-state index contributed by atoms with van der Waals surface area (Å²) >= 11 is 7.65. The monoisotopic (exact) mass is 552 g/mol. The quantitative estimate of drug-likeness (QED) is 0.266. The molecule has 198 valence electrons. The summed E-state index contributed by atoms with van der Waals surface area (Å²) in [5, 5.41) is 0.455. The van der Waals surface area contributed by atoms with E-state index in [4.69, 9.17) is 30.8 Å². The lowest BCUT2D eigenvalue weighted by atomic mass is 9.93. The molecule has 38 heavy (non-hydrogen) atoms. The minimum Gasteiger partial charge on any atom is -0.496 e. The molecule has 3 aromatic rings. The first-order valence-corrected chi connectivity index (χ1v) is 13.5. The van der Waals surface area contributed by atoms with Crippen LogP contribution in [0, 0.1) is 0 Å². The van der Waals surface area contributed by atoms with Gasteiger partial charge in [-0.3, -0.25) is 9.36 Å². The summed E-state index contributed by atoms with van der Waals surface area (Å²) in [6.07, 6.45) is 4.77. The standard InChI is InChI=1S/C29H29ClN2O5S/c1-5-9-22-25(28(34)36-7-3)26(21-17-19(30)12-13-23(21)35-4)32-27(33)24(38-29(32)31-22)16-18-10-8-11-20(15-18)37-14-6-2/h6,8,10-13,15-17,26H,2,5,7,9,14H2,1,3-4H3/b24-16+/t26-/m0/s1. The van der Waals surface area contributed by atoms with Crippen LogP contribution in [0.25, 0.3) is 6.08 Å². The van der Waals surface area contributed by atoms with Crippen LogP contribution in [0.3, 0.4) is 0 Å². The van der Waals surface area contributed by atoms with Gasteiger partial charge in [-0.1, -0.05) is 61.1 Å². The molecule has 0 radical (unpaired) electrons. The molecule has 1 aliphatic heterocycles. The third kappa shape index (κ3) is 5.61. The van der Waals surface area contributed by atoms with Crippen molar-refractivity contribution < 1.29 is 19.0 Å². The molecule has 0 unspecified atom stereocenters. The smallest absolute Gasteiger partial charge is 0.338 e. The summed E-state index contributed by atoms with van der Waals surface area (Å²) in [5.41, 5.74) is 2.00. The Morgan fingerprint density at radius 3 is 2.76 bits per heavy atom. The molecule has 0 saturated carbocycles. The van der Waals surface area contributed by atoms with Crippen LogP contribution in [0.4, 0.5) is 0 Å². The zero-order valence-corrected chi connectivity index (χ0v) is 23.1. The topological polar surface area (TPSA) is 79.1 Å². The molecule has 0 fully saturated rings. The highest BCUT2D eigenvalue weighted by Crippen LogP contribution is 2.38. The number of rotatable bonds is 10. The van der Waals surface area contributed by atoms with Gasteiger partial charge < -0.3 is 14.2 Å². The molecule has 4 rings (SSSR count). The van der Waals surface area contributed by atoms with Crippen molar-refractivity contribution in [2.24, 2.45) is 4.99 Å². The van der Waals surface area contributed by atoms with Crippen molar-refractivity contribution in [3.8, 4) is 11.5 Å². The molecule has 1 aromatic heterocycles. The first kappa shape index (κ1) is 27.4. The number of ether oxygens (including phenoxy) is 3. The van der Waals surface area contributed by atoms with E-state index in [1.165, 1.54) is 15.9 Å². The molecular weight excluding hydrogens is 524 g/mol. The van der Waals surface area contributed by atoms with Crippen LogP contribution in [-0.2, 0) is 9.53 Å². The maximum atomic E-state index is 13.9. The van der Waals surface area contributed by atoms with Gasteiger partial charge >= 0.3 is 5.97 Å². The fourth-order valence-electron chi connectivity index (χ4n) is 4.33. The van der Waals surface area contributed by atoms with E-state index in [0.717, 1.165) is 12.0 Å². The number of hydrogen-bond donors (Lipinski definition) is 0. The molecular formula is C29H29ClN2O5S. The number of carbonyl (C=O) groups excluding carboxylic acids is 1. The van der Waals surface area contributed by atoms with Gasteiger partial charge in [0.2, 0.25) is 0 Å². The normalized spacial score (nSPS) is 15.1. The summed E-state index contributed by atoms with van der Waals surface area (Å²) in [4.78, 5) is 32.5. The number of halogens is 1. The zero-order chi connectivity index (χ0) is 27.2. The van der Waals surface area contributed by atoms with Gasteiger partial charge in [0, 0.05) is 10.6 Å². The van der Waals surface area contributed by atoms with Gasteiger partial charge in [-0.05, 0) is 55.3 Å². The predicted molar refractivity (Wildman–Crippen MR) is 150 cm³/mol. The number of allylic oxidation sites excluding steroid dienone is 1. The minimum atomic E-state index is -0.815. The molecule has 1 atom stereocenters. The summed E-state index contributed by atoms with van der Waals surface area (Å²) in [6, 6.07) is 11.8. The second kappa shape index (κ2) is 12.3. The largest absolute Gasteiger partial charge is 0.496 e. The Morgan fingerprint density at radius 2 is 2.05 bits per heavy atom. The average molecular weight is 553 g/mol. The van der Waals surface area contributed by atoms with Gasteiger partial charge in [-0.15, -0.1) is 0 Å². The molecule has 0 N–H and O–H groups in total. The summed E-state index contributed by atoms with van der Waals surface area (Å²) in [5.74, 6) is 0.650. The van der Waals surface area contributed by atoms with Crippen LogP contribution in [0.5, 0.6) is 11.5 Å². The van der Waals surface area contributed by atoms with Crippen LogP contribution in [0.15, 0.2) is 76.2 Å². The van der Waals surface area contributed by atoms with Crippen LogP contribution in [0.1, 0.15) is 43.9 Å². The minimum absolute atomic E-state index is 0.190. The van der Waals surface area contributed by atoms with E-state index < -0.39 is 12.0 Å². The zero-order valence-electron chi connectivity index (χ0n) is 21.5. The number of esters is 1. The number of carbonyl (C=O) groups is 1. The van der Waals surface area contributed by atoms with Gasteiger partial charge in [0.1, 0.15) is 24.1 Å². The van der Waals surface area contributed by atoms with E-state index in [2.05, 4.69) is 6.58 Å². The lowest BCUT2D eigenvalue weighted by Crippen LogP contribution is -2.40. The number of benzene rings is 2. The number of fused-ring (bicyclic) bond motifs is 1. The van der Waals surface area contributed by atoms with Crippen molar-refractivity contribution in [1.82, 2.24) is 4.57 Å². The number of methoxy groups -OCH3 is 1. The maximum Gasteiger partial charge on any atom is 0.338 e. The van der Waals surface area contributed by atoms with Crippen molar-refractivity contribution in [3.05, 3.63) is 102 Å². The molecule has 2 heterocycles. The second-order valence-corrected chi connectivity index (χ2v) is 9.92. The number of thiazole rings is 1. The third-order valence-electron chi connectivity index (χ3n) is 5.90. The maximum absolute atomic E-state index is 13.9. The number of aromatic nitrogens is 1. The SMILES string of the molecule is C=CCOc1cccc(/C=c2/sc3n(c2=O)[C@@H](c2cc(Cl)ccc2OC)C(C(=O)OCC)=C(CCC)N=3)c1. The number of nitrogens with zero attached hydrogens (tertiary/aromatic N) is 2. The molecule has 0 bridgehead atoms. The first-order chi connectivity index (χ1) is 18.4. The fraction of sp³-hybridized carbons (Fsp3) is 0.276. The van der Waals surface area contributed by atoms with Crippen molar-refractivity contribution in [3.63, 3.8) is 0 Å². The third-order valence-corrected chi connectivity index (χ3v) is 7.12. The van der Waals surface area contributed by atoms with E-state index >= 15 is 0 Å². The van der Waals surface area contributed by atoms with Crippen molar-refractivity contribution >= 4 is 35.0 Å². The molecule has 0 saturated heterocycles. The Labute approximate surface area is 230 Å². The summed E-state index contributed by atoms with van der Waals surface area (Å²) in [6.45, 7) is 8.00. The van der Waals surface area contributed by atoms with Gasteiger partial charge in [-0.25, -0.2) is 9.79 Å². The van der Waals surface area contributed by atoms with Crippen LogP contribution in [-0.4, -0.2) is 30.9 Å². The Bertz CT molecular complexity index is 1570. The average Bonchev–Trinajstić information content (AvgIpc) is 3.21. The fourth-order valence-corrected chi connectivity index (χ4v) is 5.54. The number of hydrogen-bond acceptors (Lipinski definition) is 7. The second-order valence-electron chi connectivity index (χ2n) is 8.47. The van der Waals surface area contributed by atoms with E-state index in [1.807, 2.05) is 31.2 Å². The molecule has 1 aliphatic rings. The van der Waals surface area contributed by atoms with Gasteiger partial charge in [0.05, 0.1) is 29.5 Å². The summed E-state index contributed by atoms with van der Waals surface area (Å²) < 4.78 is 18.7. The van der Waals surface area contributed by atoms with Crippen LogP contribution < -0.4 is 24.4 Å². The van der Waals surface area contributed by atoms with Crippen LogP contribution >= 0.6 is 22.9 Å². The van der Waals surface area contributed by atoms with Crippen molar-refractivity contribution in [1.29, 1.82) is 0 Å². The molecule has 2 aromatic carbocycles. The van der Waals surface area contributed by atoms with Gasteiger partial charge in [0.25, 0.3) is 5.56 Å². The van der Waals surface area contributed by atoms with E-state index in [9.17, 15) is 9.59 Å². The highest BCUT2D eigenvalue weighted by Gasteiger charge is 2.36. The molecule has 9 heteroatoms. The predicted octanol–water partition coefficient (Wildman–Crippen LogP) is 4.81. The van der Waals surface area contributed by atoms with Crippen LogP contribution in [0.2, 0.25) is 5.02 Å². The van der Waals surface area contributed by atoms with Crippen molar-refractivity contribution in [2.45, 2.75) is 32.7 Å². The lowest BCUT2D eigenvalue weighted by Gasteiger charge is -2.27. The Kier molecular flexibility index (Phi) is 8.86. The summed E-state index contributed by atoms with van der Waals surface area (Å²) in [7, 11) is 1.54. The molecule has 0 aliphatic carbocycles. The van der Waals surface area contributed by atoms with Crippen molar-refractivity contribution in [2.75, 3.05) is 20.3 Å². The van der Waals surface area contributed by atoms with E-state index in [1.54, 1.807) is 44.4 Å². The lowest BCUT2D eigenvalue weighted by molar-refractivity contribution is -0.139. The first-order valence-electron chi connectivity index (χ1n) is 12.3. The molecule has 0 spiro atoms.